The molecule has 1 heterocycles. The molecule has 1 saturated heterocycles. The number of aliphatic imine (C=N–C) groups is 1. The van der Waals surface area contributed by atoms with E-state index in [2.05, 4.69) is 27.4 Å². The van der Waals surface area contributed by atoms with Gasteiger partial charge in [-0.15, -0.1) is 0 Å². The first-order valence-corrected chi connectivity index (χ1v) is 10.6. The summed E-state index contributed by atoms with van der Waals surface area (Å²) in [7, 11) is 3.57. The van der Waals surface area contributed by atoms with Crippen molar-refractivity contribution in [1.82, 2.24) is 20.4 Å². The van der Waals surface area contributed by atoms with Crippen molar-refractivity contribution in [2.75, 3.05) is 40.3 Å². The lowest BCUT2D eigenvalue weighted by Crippen LogP contribution is -2.51. The molecule has 0 spiro atoms. The molecule has 0 unspecified atom stereocenters. The van der Waals surface area contributed by atoms with Crippen LogP contribution in [0.5, 0.6) is 0 Å². The fourth-order valence-corrected chi connectivity index (χ4v) is 3.74. The summed E-state index contributed by atoms with van der Waals surface area (Å²) in [6.45, 7) is 6.01. The molecule has 0 aromatic heterocycles. The number of rotatable bonds is 7. The molecule has 0 bridgehead atoms. The van der Waals surface area contributed by atoms with Crippen molar-refractivity contribution >= 4 is 11.9 Å². The Kier molecular flexibility index (Phi) is 9.23. The summed E-state index contributed by atoms with van der Waals surface area (Å²) in [5, 5.41) is 7.21. The van der Waals surface area contributed by atoms with Crippen molar-refractivity contribution in [3.8, 4) is 0 Å². The van der Waals surface area contributed by atoms with E-state index in [-0.39, 0.29) is 12.5 Å². The highest BCUT2D eigenvalue weighted by molar-refractivity contribution is 5.85. The summed E-state index contributed by atoms with van der Waals surface area (Å²) in [5.74, 6) is 0.878. The van der Waals surface area contributed by atoms with Gasteiger partial charge in [0, 0.05) is 39.3 Å². The molecule has 0 aromatic rings. The second kappa shape index (κ2) is 11.4. The van der Waals surface area contributed by atoms with Crippen molar-refractivity contribution in [3.05, 3.63) is 0 Å². The van der Waals surface area contributed by atoms with Gasteiger partial charge < -0.3 is 20.4 Å². The van der Waals surface area contributed by atoms with E-state index >= 15 is 0 Å². The Labute approximate surface area is 159 Å². The zero-order chi connectivity index (χ0) is 18.8. The van der Waals surface area contributed by atoms with Gasteiger partial charge in [0.05, 0.1) is 0 Å². The molecule has 1 amide bonds. The number of likely N-dealkylation sites (N-methyl/N-ethyl adjacent to an activating group) is 1. The molecule has 1 saturated carbocycles. The fourth-order valence-electron chi connectivity index (χ4n) is 3.74. The summed E-state index contributed by atoms with van der Waals surface area (Å²) in [6.07, 6.45) is 11.2. The highest BCUT2D eigenvalue weighted by Crippen LogP contribution is 2.17. The average Bonchev–Trinajstić information content (AvgIpc) is 2.66. The molecule has 1 aliphatic heterocycles. The Hall–Kier alpha value is -1.30. The summed E-state index contributed by atoms with van der Waals surface area (Å²) >= 11 is 0. The second-order valence-corrected chi connectivity index (χ2v) is 8.05. The third-order valence-corrected chi connectivity index (χ3v) is 5.57. The number of guanidine groups is 1. The number of unbranched alkanes of at least 4 members (excludes halogenated alkanes) is 1. The van der Waals surface area contributed by atoms with E-state index in [9.17, 15) is 4.79 Å². The van der Waals surface area contributed by atoms with E-state index in [0.717, 1.165) is 31.9 Å². The van der Waals surface area contributed by atoms with Crippen LogP contribution < -0.4 is 10.6 Å². The predicted octanol–water partition coefficient (Wildman–Crippen LogP) is 2.21. The van der Waals surface area contributed by atoms with Gasteiger partial charge in [0.15, 0.2) is 5.96 Å². The SMILES string of the molecule is CCCCN1CCC(NC(=NCC(=O)N(C)C)NC2CCCCC2)CC1. The monoisotopic (exact) mass is 365 g/mol. The number of carbonyl (C=O) groups is 1. The summed E-state index contributed by atoms with van der Waals surface area (Å²) < 4.78 is 0. The lowest BCUT2D eigenvalue weighted by Gasteiger charge is -2.34. The van der Waals surface area contributed by atoms with Crippen LogP contribution in [0.25, 0.3) is 0 Å². The van der Waals surface area contributed by atoms with E-state index in [1.807, 2.05) is 0 Å². The number of nitrogens with one attached hydrogen (secondary N) is 2. The van der Waals surface area contributed by atoms with Crippen LogP contribution in [0.4, 0.5) is 0 Å². The topological polar surface area (TPSA) is 60.0 Å². The number of carbonyl (C=O) groups excluding carboxylic acids is 1. The highest BCUT2D eigenvalue weighted by atomic mass is 16.2. The molecule has 150 valence electrons. The Balaban J connectivity index is 1.86. The standard InChI is InChI=1S/C20H39N5O/c1-4-5-13-25-14-11-18(12-15-25)23-20(21-16-19(26)24(2)3)22-17-9-7-6-8-10-17/h17-18H,4-16H2,1-3H3,(H2,21,22,23). The predicted molar refractivity (Wildman–Crippen MR) is 109 cm³/mol. The molecule has 26 heavy (non-hydrogen) atoms. The van der Waals surface area contributed by atoms with Gasteiger partial charge in [-0.05, 0) is 38.6 Å². The van der Waals surface area contributed by atoms with Crippen LogP contribution in [0.2, 0.25) is 0 Å². The first-order chi connectivity index (χ1) is 12.6. The van der Waals surface area contributed by atoms with Gasteiger partial charge in [0.25, 0.3) is 0 Å². The minimum absolute atomic E-state index is 0.0455. The number of hydrogen-bond donors (Lipinski definition) is 2. The maximum absolute atomic E-state index is 11.9. The Bertz CT molecular complexity index is 437. The van der Waals surface area contributed by atoms with E-state index in [1.165, 1.54) is 51.5 Å². The molecule has 2 aliphatic rings. The van der Waals surface area contributed by atoms with Crippen molar-refractivity contribution in [2.24, 2.45) is 4.99 Å². The van der Waals surface area contributed by atoms with Crippen molar-refractivity contribution < 1.29 is 4.79 Å². The maximum Gasteiger partial charge on any atom is 0.243 e. The lowest BCUT2D eigenvalue weighted by atomic mass is 9.95. The second-order valence-electron chi connectivity index (χ2n) is 8.05. The molecule has 6 heteroatoms. The van der Waals surface area contributed by atoms with Crippen LogP contribution in [0.3, 0.4) is 0 Å². The van der Waals surface area contributed by atoms with Gasteiger partial charge in [0.2, 0.25) is 5.91 Å². The van der Waals surface area contributed by atoms with Gasteiger partial charge in [-0.1, -0.05) is 32.6 Å². The molecule has 0 atom stereocenters. The summed E-state index contributed by atoms with van der Waals surface area (Å²) in [6, 6.07) is 0.950. The molecule has 0 radical (unpaired) electrons. The van der Waals surface area contributed by atoms with Crippen LogP contribution >= 0.6 is 0 Å². The molecule has 1 aliphatic carbocycles. The highest BCUT2D eigenvalue weighted by Gasteiger charge is 2.21. The maximum atomic E-state index is 11.9. The van der Waals surface area contributed by atoms with Gasteiger partial charge >= 0.3 is 0 Å². The first-order valence-electron chi connectivity index (χ1n) is 10.6. The molecule has 0 aromatic carbocycles. The Morgan fingerprint density at radius 2 is 1.65 bits per heavy atom. The van der Waals surface area contributed by atoms with Crippen molar-refractivity contribution in [2.45, 2.75) is 76.8 Å². The smallest absolute Gasteiger partial charge is 0.243 e. The zero-order valence-electron chi connectivity index (χ0n) is 17.1. The third-order valence-electron chi connectivity index (χ3n) is 5.57. The third kappa shape index (κ3) is 7.52. The molecule has 2 fully saturated rings. The number of nitrogens with zero attached hydrogens (tertiary/aromatic N) is 3. The van der Waals surface area contributed by atoms with Crippen LogP contribution in [-0.2, 0) is 4.79 Å². The van der Waals surface area contributed by atoms with E-state index < -0.39 is 0 Å². The van der Waals surface area contributed by atoms with E-state index in [4.69, 9.17) is 0 Å². The summed E-state index contributed by atoms with van der Waals surface area (Å²) in [4.78, 5) is 20.7. The zero-order valence-corrected chi connectivity index (χ0v) is 17.1. The van der Waals surface area contributed by atoms with Crippen LogP contribution in [-0.4, -0.2) is 74.0 Å². The molecule has 2 N–H and O–H groups in total. The van der Waals surface area contributed by atoms with Crippen molar-refractivity contribution in [1.29, 1.82) is 0 Å². The minimum atomic E-state index is 0.0455. The molecule has 6 nitrogen and oxygen atoms in total. The number of likely N-dealkylation sites (tertiary alicyclic amines) is 1. The van der Waals surface area contributed by atoms with Crippen LogP contribution in [0.1, 0.15) is 64.7 Å². The average molecular weight is 366 g/mol. The van der Waals surface area contributed by atoms with Crippen LogP contribution in [0.15, 0.2) is 4.99 Å². The molecular formula is C20H39N5O. The minimum Gasteiger partial charge on any atom is -0.354 e. The fraction of sp³-hybridized carbons (Fsp3) is 0.900. The molecular weight excluding hydrogens is 326 g/mol. The van der Waals surface area contributed by atoms with E-state index in [0.29, 0.717) is 12.1 Å². The van der Waals surface area contributed by atoms with Crippen molar-refractivity contribution in [3.63, 3.8) is 0 Å². The van der Waals surface area contributed by atoms with Gasteiger partial charge in [0.1, 0.15) is 6.54 Å². The van der Waals surface area contributed by atoms with E-state index in [1.54, 1.807) is 19.0 Å². The quantitative estimate of drug-likeness (QED) is 0.536. The molecule has 2 rings (SSSR count). The normalized spacial score (nSPS) is 20.8. The van der Waals surface area contributed by atoms with Gasteiger partial charge in [-0.25, -0.2) is 4.99 Å². The number of piperidine rings is 1. The Morgan fingerprint density at radius 1 is 1.04 bits per heavy atom. The number of amides is 1. The van der Waals surface area contributed by atoms with Gasteiger partial charge in [-0.2, -0.15) is 0 Å². The number of hydrogen-bond acceptors (Lipinski definition) is 3. The van der Waals surface area contributed by atoms with Gasteiger partial charge in [-0.3, -0.25) is 4.79 Å². The lowest BCUT2D eigenvalue weighted by molar-refractivity contribution is -0.127. The first kappa shape index (κ1) is 21.0. The summed E-state index contributed by atoms with van der Waals surface area (Å²) in [5.41, 5.74) is 0. The largest absolute Gasteiger partial charge is 0.354 e. The Morgan fingerprint density at radius 3 is 2.23 bits per heavy atom. The van der Waals surface area contributed by atoms with Crippen LogP contribution in [0, 0.1) is 0 Å².